The summed E-state index contributed by atoms with van der Waals surface area (Å²) in [5, 5.41) is 0. The van der Waals surface area contributed by atoms with E-state index in [9.17, 15) is 9.59 Å². The Kier molecular flexibility index (Phi) is 7.06. The number of carbonyl (C=O) groups excluding carboxylic acids is 2. The molecule has 1 aliphatic heterocycles. The molecular weight excluding hydrogens is 308 g/mol. The summed E-state index contributed by atoms with van der Waals surface area (Å²) in [6.45, 7) is 3.57. The molecule has 132 valence electrons. The first-order chi connectivity index (χ1) is 11.6. The third-order valence-electron chi connectivity index (χ3n) is 4.23. The lowest BCUT2D eigenvalue weighted by molar-refractivity contribution is -0.143. The molecule has 1 aromatic rings. The van der Waals surface area contributed by atoms with Crippen molar-refractivity contribution in [3.05, 3.63) is 35.9 Å². The lowest BCUT2D eigenvalue weighted by atomic mass is 9.89. The van der Waals surface area contributed by atoms with E-state index in [-0.39, 0.29) is 37.0 Å². The number of likely N-dealkylation sites (tertiary alicyclic amines) is 1. The number of amides is 1. The molecule has 6 heteroatoms. The Balaban J connectivity index is 1.81. The van der Waals surface area contributed by atoms with Crippen LogP contribution in [0.2, 0.25) is 0 Å². The van der Waals surface area contributed by atoms with Gasteiger partial charge in [0.25, 0.3) is 0 Å². The second kappa shape index (κ2) is 9.27. The van der Waals surface area contributed by atoms with E-state index in [4.69, 9.17) is 15.2 Å². The van der Waals surface area contributed by atoms with E-state index in [0.29, 0.717) is 19.7 Å². The van der Waals surface area contributed by atoms with Gasteiger partial charge in [0.2, 0.25) is 0 Å². The van der Waals surface area contributed by atoms with E-state index in [1.165, 1.54) is 0 Å². The van der Waals surface area contributed by atoms with Crippen molar-refractivity contribution in [2.45, 2.75) is 38.8 Å². The van der Waals surface area contributed by atoms with Crippen LogP contribution in [-0.4, -0.2) is 42.7 Å². The number of benzene rings is 1. The molecule has 0 bridgehead atoms. The standard InChI is InChI=1S/C18H26N2O4/c1-2-23-17(21)11-16(19)15-9-6-10-20(12-15)18(22)24-13-14-7-4-3-5-8-14/h3-5,7-8,15-16H,2,6,9-13,19H2,1H3/t15-,16-/m1/s1. The first-order valence-electron chi connectivity index (χ1n) is 8.47. The Morgan fingerprint density at radius 2 is 2.04 bits per heavy atom. The lowest BCUT2D eigenvalue weighted by Crippen LogP contribution is -2.46. The maximum Gasteiger partial charge on any atom is 0.410 e. The molecular formula is C18H26N2O4. The van der Waals surface area contributed by atoms with Crippen molar-refractivity contribution in [3.63, 3.8) is 0 Å². The monoisotopic (exact) mass is 334 g/mol. The van der Waals surface area contributed by atoms with Gasteiger partial charge in [-0.2, -0.15) is 0 Å². The summed E-state index contributed by atoms with van der Waals surface area (Å²) in [6.07, 6.45) is 1.63. The highest BCUT2D eigenvalue weighted by Gasteiger charge is 2.29. The van der Waals surface area contributed by atoms with E-state index in [0.717, 1.165) is 18.4 Å². The number of ether oxygens (including phenoxy) is 2. The molecule has 1 aliphatic rings. The van der Waals surface area contributed by atoms with Crippen molar-refractivity contribution < 1.29 is 19.1 Å². The molecule has 2 atom stereocenters. The molecule has 2 rings (SSSR count). The van der Waals surface area contributed by atoms with Gasteiger partial charge in [-0.25, -0.2) is 4.79 Å². The quantitative estimate of drug-likeness (QED) is 0.807. The van der Waals surface area contributed by atoms with Gasteiger partial charge in [0.15, 0.2) is 0 Å². The second-order valence-electron chi connectivity index (χ2n) is 6.06. The minimum absolute atomic E-state index is 0.0902. The smallest absolute Gasteiger partial charge is 0.410 e. The molecule has 2 N–H and O–H groups in total. The van der Waals surface area contributed by atoms with Crippen LogP contribution >= 0.6 is 0 Å². The second-order valence-corrected chi connectivity index (χ2v) is 6.06. The third kappa shape index (κ3) is 5.53. The van der Waals surface area contributed by atoms with Crippen LogP contribution in [0, 0.1) is 5.92 Å². The van der Waals surface area contributed by atoms with Crippen molar-refractivity contribution in [1.82, 2.24) is 4.90 Å². The van der Waals surface area contributed by atoms with E-state index in [2.05, 4.69) is 0 Å². The first kappa shape index (κ1) is 18.3. The summed E-state index contributed by atoms with van der Waals surface area (Å²) in [6, 6.07) is 9.28. The summed E-state index contributed by atoms with van der Waals surface area (Å²) in [4.78, 5) is 25.5. The Morgan fingerprint density at radius 3 is 2.75 bits per heavy atom. The lowest BCUT2D eigenvalue weighted by Gasteiger charge is -2.34. The number of hydrogen-bond acceptors (Lipinski definition) is 5. The van der Waals surface area contributed by atoms with Crippen molar-refractivity contribution in [1.29, 1.82) is 0 Å². The zero-order chi connectivity index (χ0) is 17.4. The Labute approximate surface area is 142 Å². The number of carbonyl (C=O) groups is 2. The molecule has 0 aliphatic carbocycles. The minimum Gasteiger partial charge on any atom is -0.466 e. The molecule has 6 nitrogen and oxygen atoms in total. The van der Waals surface area contributed by atoms with Crippen LogP contribution in [0.1, 0.15) is 31.7 Å². The SMILES string of the molecule is CCOC(=O)C[C@@H](N)[C@@H]1CCCN(C(=O)OCc2ccccc2)C1. The van der Waals surface area contributed by atoms with Gasteiger partial charge in [0, 0.05) is 19.1 Å². The van der Waals surface area contributed by atoms with Gasteiger partial charge in [0.05, 0.1) is 13.0 Å². The van der Waals surface area contributed by atoms with Crippen molar-refractivity contribution in [3.8, 4) is 0 Å². The number of hydrogen-bond donors (Lipinski definition) is 1. The highest BCUT2D eigenvalue weighted by Crippen LogP contribution is 2.21. The molecule has 1 saturated heterocycles. The van der Waals surface area contributed by atoms with Crippen LogP contribution < -0.4 is 5.73 Å². The van der Waals surface area contributed by atoms with Crippen LogP contribution in [0.4, 0.5) is 4.79 Å². The van der Waals surface area contributed by atoms with E-state index < -0.39 is 0 Å². The number of esters is 1. The Morgan fingerprint density at radius 1 is 1.29 bits per heavy atom. The van der Waals surface area contributed by atoms with Crippen molar-refractivity contribution in [2.75, 3.05) is 19.7 Å². The van der Waals surface area contributed by atoms with Crippen LogP contribution in [0.15, 0.2) is 30.3 Å². The molecule has 0 spiro atoms. The number of nitrogens with zero attached hydrogens (tertiary/aromatic N) is 1. The average molecular weight is 334 g/mol. The van der Waals surface area contributed by atoms with Gasteiger partial charge in [-0.05, 0) is 31.2 Å². The Bertz CT molecular complexity index is 535. The van der Waals surface area contributed by atoms with Crippen LogP contribution in [-0.2, 0) is 20.9 Å². The Hall–Kier alpha value is -2.08. The summed E-state index contributed by atoms with van der Waals surface area (Å²) in [5.41, 5.74) is 7.08. The van der Waals surface area contributed by atoms with E-state index in [1.54, 1.807) is 11.8 Å². The predicted octanol–water partition coefficient (Wildman–Crippen LogP) is 2.32. The maximum atomic E-state index is 12.2. The maximum absolute atomic E-state index is 12.2. The third-order valence-corrected chi connectivity index (χ3v) is 4.23. The predicted molar refractivity (Wildman–Crippen MR) is 90.1 cm³/mol. The highest BCUT2D eigenvalue weighted by atomic mass is 16.6. The van der Waals surface area contributed by atoms with Gasteiger partial charge in [-0.3, -0.25) is 4.79 Å². The molecule has 24 heavy (non-hydrogen) atoms. The van der Waals surface area contributed by atoms with Gasteiger partial charge in [-0.15, -0.1) is 0 Å². The molecule has 1 heterocycles. The molecule has 1 fully saturated rings. The molecule has 0 radical (unpaired) electrons. The fraction of sp³-hybridized carbons (Fsp3) is 0.556. The van der Waals surface area contributed by atoms with E-state index in [1.807, 2.05) is 30.3 Å². The molecule has 0 unspecified atom stereocenters. The molecule has 1 amide bonds. The topological polar surface area (TPSA) is 81.9 Å². The average Bonchev–Trinajstić information content (AvgIpc) is 2.61. The fourth-order valence-electron chi connectivity index (χ4n) is 2.91. The zero-order valence-corrected chi connectivity index (χ0v) is 14.1. The van der Waals surface area contributed by atoms with Crippen LogP contribution in [0.25, 0.3) is 0 Å². The van der Waals surface area contributed by atoms with Crippen molar-refractivity contribution >= 4 is 12.1 Å². The highest BCUT2D eigenvalue weighted by molar-refractivity contribution is 5.70. The largest absolute Gasteiger partial charge is 0.466 e. The minimum atomic E-state index is -0.327. The van der Waals surface area contributed by atoms with Crippen molar-refractivity contribution in [2.24, 2.45) is 11.7 Å². The molecule has 0 saturated carbocycles. The summed E-state index contributed by atoms with van der Waals surface area (Å²) in [7, 11) is 0. The van der Waals surface area contributed by atoms with Crippen LogP contribution in [0.3, 0.4) is 0 Å². The number of nitrogens with two attached hydrogens (primary N) is 1. The normalized spacial score (nSPS) is 18.8. The van der Waals surface area contributed by atoms with Gasteiger partial charge in [0.1, 0.15) is 6.61 Å². The van der Waals surface area contributed by atoms with E-state index >= 15 is 0 Å². The fourth-order valence-corrected chi connectivity index (χ4v) is 2.91. The molecule has 1 aromatic carbocycles. The summed E-state index contributed by atoms with van der Waals surface area (Å²) < 4.78 is 10.3. The zero-order valence-electron chi connectivity index (χ0n) is 14.1. The first-order valence-corrected chi connectivity index (χ1v) is 8.47. The van der Waals surface area contributed by atoms with Crippen LogP contribution in [0.5, 0.6) is 0 Å². The van der Waals surface area contributed by atoms with Gasteiger partial charge >= 0.3 is 12.1 Å². The van der Waals surface area contributed by atoms with Gasteiger partial charge < -0.3 is 20.1 Å². The summed E-state index contributed by atoms with van der Waals surface area (Å²) in [5.74, 6) is -0.193. The van der Waals surface area contributed by atoms with Gasteiger partial charge in [-0.1, -0.05) is 30.3 Å². The number of piperidine rings is 1. The molecule has 0 aromatic heterocycles. The summed E-state index contributed by atoms with van der Waals surface area (Å²) >= 11 is 0. The number of rotatable bonds is 6.